The van der Waals surface area contributed by atoms with Crippen LogP contribution in [0.15, 0.2) is 72.8 Å². The van der Waals surface area contributed by atoms with E-state index in [1.807, 2.05) is 66.7 Å². The molecule has 0 amide bonds. The molecule has 25 heavy (non-hydrogen) atoms. The second kappa shape index (κ2) is 6.20. The predicted molar refractivity (Wildman–Crippen MR) is 95.2 cm³/mol. The zero-order valence-corrected chi connectivity index (χ0v) is 13.6. The Hall–Kier alpha value is -3.47. The lowest BCUT2D eigenvalue weighted by atomic mass is 10.1. The van der Waals surface area contributed by atoms with E-state index in [9.17, 15) is 4.79 Å². The average Bonchev–Trinajstić information content (AvgIpc) is 3.12. The standard InChI is InChI=1S/C20H15N3O2/c1-25-20(24)17-13-19-21-16(14-8-4-2-5-9-14)12-18(23(19)22-17)15-10-6-3-7-11-15/h2-13H,1H3. The number of esters is 1. The van der Waals surface area contributed by atoms with Crippen LogP contribution in [0.1, 0.15) is 10.5 Å². The number of aromatic nitrogens is 3. The minimum atomic E-state index is -0.481. The number of carbonyl (C=O) groups excluding carboxylic acids is 1. The van der Waals surface area contributed by atoms with Gasteiger partial charge in [0, 0.05) is 17.2 Å². The molecule has 0 aliphatic heterocycles. The van der Waals surface area contributed by atoms with Crippen molar-refractivity contribution < 1.29 is 9.53 Å². The summed E-state index contributed by atoms with van der Waals surface area (Å²) >= 11 is 0. The van der Waals surface area contributed by atoms with Gasteiger partial charge in [0.25, 0.3) is 0 Å². The molecule has 0 N–H and O–H groups in total. The topological polar surface area (TPSA) is 56.5 Å². The normalized spacial score (nSPS) is 10.8. The van der Waals surface area contributed by atoms with Crippen molar-refractivity contribution in [2.45, 2.75) is 0 Å². The summed E-state index contributed by atoms with van der Waals surface area (Å²) in [5.74, 6) is -0.481. The molecule has 4 aromatic rings. The summed E-state index contributed by atoms with van der Waals surface area (Å²) in [6.07, 6.45) is 0. The lowest BCUT2D eigenvalue weighted by molar-refractivity contribution is 0.0593. The van der Waals surface area contributed by atoms with Crippen LogP contribution in [0.3, 0.4) is 0 Å². The van der Waals surface area contributed by atoms with E-state index in [-0.39, 0.29) is 5.69 Å². The molecule has 0 radical (unpaired) electrons. The van der Waals surface area contributed by atoms with E-state index in [0.29, 0.717) is 5.65 Å². The minimum Gasteiger partial charge on any atom is -0.464 e. The van der Waals surface area contributed by atoms with Crippen molar-refractivity contribution in [2.75, 3.05) is 7.11 Å². The number of nitrogens with zero attached hydrogens (tertiary/aromatic N) is 3. The molecule has 5 nitrogen and oxygen atoms in total. The summed E-state index contributed by atoms with van der Waals surface area (Å²) in [6, 6.07) is 23.4. The molecule has 4 rings (SSSR count). The SMILES string of the molecule is COC(=O)c1cc2nc(-c3ccccc3)cc(-c3ccccc3)n2n1. The second-order valence-electron chi connectivity index (χ2n) is 5.55. The maximum Gasteiger partial charge on any atom is 0.358 e. The van der Waals surface area contributed by atoms with Crippen molar-refractivity contribution in [1.82, 2.24) is 14.6 Å². The van der Waals surface area contributed by atoms with E-state index >= 15 is 0 Å². The second-order valence-corrected chi connectivity index (χ2v) is 5.55. The van der Waals surface area contributed by atoms with Gasteiger partial charge in [0.2, 0.25) is 0 Å². The van der Waals surface area contributed by atoms with Crippen LogP contribution in [0.25, 0.3) is 28.2 Å². The number of carbonyl (C=O) groups is 1. The summed E-state index contributed by atoms with van der Waals surface area (Å²) in [7, 11) is 1.34. The number of rotatable bonds is 3. The fraction of sp³-hybridized carbons (Fsp3) is 0.0500. The van der Waals surface area contributed by atoms with Gasteiger partial charge in [-0.2, -0.15) is 5.10 Å². The first kappa shape index (κ1) is 15.1. The van der Waals surface area contributed by atoms with E-state index in [1.165, 1.54) is 7.11 Å². The molecule has 0 atom stereocenters. The highest BCUT2D eigenvalue weighted by Crippen LogP contribution is 2.26. The quantitative estimate of drug-likeness (QED) is 0.536. The van der Waals surface area contributed by atoms with Crippen LogP contribution < -0.4 is 0 Å². The summed E-state index contributed by atoms with van der Waals surface area (Å²) in [5, 5.41) is 4.37. The maximum absolute atomic E-state index is 11.9. The van der Waals surface area contributed by atoms with E-state index < -0.39 is 5.97 Å². The van der Waals surface area contributed by atoms with Crippen molar-refractivity contribution in [3.63, 3.8) is 0 Å². The van der Waals surface area contributed by atoms with Gasteiger partial charge in [-0.25, -0.2) is 14.3 Å². The zero-order valence-electron chi connectivity index (χ0n) is 13.6. The summed E-state index contributed by atoms with van der Waals surface area (Å²) in [5.41, 5.74) is 4.51. The zero-order chi connectivity index (χ0) is 17.2. The molecular formula is C20H15N3O2. The van der Waals surface area contributed by atoms with Gasteiger partial charge < -0.3 is 4.74 Å². The molecular weight excluding hydrogens is 314 g/mol. The Morgan fingerprint density at radius 3 is 2.20 bits per heavy atom. The van der Waals surface area contributed by atoms with Crippen LogP contribution >= 0.6 is 0 Å². The van der Waals surface area contributed by atoms with Crippen LogP contribution in [0, 0.1) is 0 Å². The molecule has 0 aliphatic carbocycles. The van der Waals surface area contributed by atoms with Gasteiger partial charge in [-0.3, -0.25) is 0 Å². The van der Waals surface area contributed by atoms with Crippen molar-refractivity contribution >= 4 is 11.6 Å². The van der Waals surface area contributed by atoms with Gasteiger partial charge in [0.1, 0.15) is 0 Å². The third-order valence-electron chi connectivity index (χ3n) is 3.96. The van der Waals surface area contributed by atoms with Crippen molar-refractivity contribution in [3.05, 3.63) is 78.5 Å². The van der Waals surface area contributed by atoms with Gasteiger partial charge in [0.15, 0.2) is 11.3 Å². The first-order valence-corrected chi connectivity index (χ1v) is 7.86. The fourth-order valence-electron chi connectivity index (χ4n) is 2.75. The van der Waals surface area contributed by atoms with Gasteiger partial charge in [-0.15, -0.1) is 0 Å². The van der Waals surface area contributed by atoms with Crippen LogP contribution in [0.4, 0.5) is 0 Å². The monoisotopic (exact) mass is 329 g/mol. The molecule has 0 bridgehead atoms. The molecule has 2 heterocycles. The Balaban J connectivity index is 1.99. The number of benzene rings is 2. The third-order valence-corrected chi connectivity index (χ3v) is 3.96. The number of fused-ring (bicyclic) bond motifs is 1. The van der Waals surface area contributed by atoms with E-state index in [1.54, 1.807) is 10.6 Å². The molecule has 122 valence electrons. The number of hydrogen-bond acceptors (Lipinski definition) is 4. The van der Waals surface area contributed by atoms with Crippen LogP contribution in [-0.2, 0) is 4.74 Å². The molecule has 2 aromatic heterocycles. The van der Waals surface area contributed by atoms with Crippen LogP contribution in [-0.4, -0.2) is 27.7 Å². The van der Waals surface area contributed by atoms with Crippen molar-refractivity contribution in [1.29, 1.82) is 0 Å². The minimum absolute atomic E-state index is 0.234. The van der Waals surface area contributed by atoms with Gasteiger partial charge in [-0.1, -0.05) is 60.7 Å². The van der Waals surface area contributed by atoms with Gasteiger partial charge >= 0.3 is 5.97 Å². The highest BCUT2D eigenvalue weighted by atomic mass is 16.5. The molecule has 0 spiro atoms. The molecule has 2 aromatic carbocycles. The van der Waals surface area contributed by atoms with Gasteiger partial charge in [0.05, 0.1) is 18.5 Å². The predicted octanol–water partition coefficient (Wildman–Crippen LogP) is 3.85. The highest BCUT2D eigenvalue weighted by molar-refractivity contribution is 5.89. The Morgan fingerprint density at radius 1 is 0.920 bits per heavy atom. The molecule has 0 saturated heterocycles. The van der Waals surface area contributed by atoms with Crippen molar-refractivity contribution in [3.8, 4) is 22.5 Å². The Bertz CT molecular complexity index is 1040. The lowest BCUT2D eigenvalue weighted by Crippen LogP contribution is -2.03. The first-order chi connectivity index (χ1) is 12.3. The molecule has 0 aliphatic rings. The largest absolute Gasteiger partial charge is 0.464 e. The third kappa shape index (κ3) is 2.76. The Morgan fingerprint density at radius 2 is 1.56 bits per heavy atom. The summed E-state index contributed by atoms with van der Waals surface area (Å²) in [6.45, 7) is 0. The van der Waals surface area contributed by atoms with E-state index in [0.717, 1.165) is 22.5 Å². The van der Waals surface area contributed by atoms with Crippen LogP contribution in [0.5, 0.6) is 0 Å². The average molecular weight is 329 g/mol. The molecule has 5 heteroatoms. The fourth-order valence-corrected chi connectivity index (χ4v) is 2.75. The summed E-state index contributed by atoms with van der Waals surface area (Å²) < 4.78 is 6.46. The lowest BCUT2D eigenvalue weighted by Gasteiger charge is -2.08. The number of hydrogen-bond donors (Lipinski definition) is 0. The van der Waals surface area contributed by atoms with E-state index in [2.05, 4.69) is 10.1 Å². The maximum atomic E-state index is 11.9. The Labute approximate surface area is 144 Å². The molecule has 0 fully saturated rings. The summed E-state index contributed by atoms with van der Waals surface area (Å²) in [4.78, 5) is 16.5. The number of ether oxygens (including phenoxy) is 1. The smallest absolute Gasteiger partial charge is 0.358 e. The molecule has 0 saturated carbocycles. The van der Waals surface area contributed by atoms with Crippen molar-refractivity contribution in [2.24, 2.45) is 0 Å². The van der Waals surface area contributed by atoms with Crippen LogP contribution in [0.2, 0.25) is 0 Å². The number of methoxy groups -OCH3 is 1. The van der Waals surface area contributed by atoms with Gasteiger partial charge in [-0.05, 0) is 6.07 Å². The highest BCUT2D eigenvalue weighted by Gasteiger charge is 2.16. The first-order valence-electron chi connectivity index (χ1n) is 7.86. The van der Waals surface area contributed by atoms with E-state index in [4.69, 9.17) is 4.74 Å². The molecule has 0 unspecified atom stereocenters. The Kier molecular flexibility index (Phi) is 3.74.